The van der Waals surface area contributed by atoms with Crippen LogP contribution in [0.3, 0.4) is 0 Å². The summed E-state index contributed by atoms with van der Waals surface area (Å²) in [7, 11) is 2.83. The molecule has 0 radical (unpaired) electrons. The predicted molar refractivity (Wildman–Crippen MR) is 116 cm³/mol. The number of nitrogens with zero attached hydrogens (tertiary/aromatic N) is 1. The molecular weight excluding hydrogens is 442 g/mol. The van der Waals surface area contributed by atoms with Crippen LogP contribution in [0.2, 0.25) is 0 Å². The van der Waals surface area contributed by atoms with Crippen LogP contribution in [0.4, 0.5) is 0 Å². The van der Waals surface area contributed by atoms with Crippen LogP contribution >= 0.6 is 0 Å². The number of amides is 2. The lowest BCUT2D eigenvalue weighted by atomic mass is 9.59. The third-order valence-corrected chi connectivity index (χ3v) is 7.36. The molecule has 2 N–H and O–H groups in total. The number of carbonyl (C=O) groups is 4. The zero-order valence-electron chi connectivity index (χ0n) is 18.8. The maximum atomic E-state index is 13.3. The first-order chi connectivity index (χ1) is 16.2. The number of imide groups is 1. The average Bonchev–Trinajstić information content (AvgIpc) is 3.04. The van der Waals surface area contributed by atoms with E-state index in [0.29, 0.717) is 16.7 Å². The van der Waals surface area contributed by atoms with Crippen LogP contribution in [-0.2, 0) is 19.2 Å². The fourth-order valence-corrected chi connectivity index (χ4v) is 5.91. The number of Topliss-reactive ketones (excluding diaryl/α,β-unsaturated/α-hetero) is 1. The summed E-state index contributed by atoms with van der Waals surface area (Å²) in [6, 6.07) is 2.79. The van der Waals surface area contributed by atoms with Gasteiger partial charge in [-0.05, 0) is 31.8 Å². The lowest BCUT2D eigenvalue weighted by Crippen LogP contribution is -2.39. The maximum absolute atomic E-state index is 13.3. The molecule has 1 saturated heterocycles. The highest BCUT2D eigenvalue weighted by Gasteiger charge is 2.56. The van der Waals surface area contributed by atoms with Crippen LogP contribution in [-0.4, -0.2) is 53.0 Å². The Hall–Kier alpha value is -3.72. The number of carbonyl (C=O) groups excluding carboxylic acids is 4. The van der Waals surface area contributed by atoms with Gasteiger partial charge in [-0.1, -0.05) is 11.6 Å². The minimum Gasteiger partial charge on any atom is -0.508 e. The number of ether oxygens (including phenoxy) is 2. The third kappa shape index (κ3) is 2.89. The van der Waals surface area contributed by atoms with Gasteiger partial charge in [0.25, 0.3) is 11.8 Å². The summed E-state index contributed by atoms with van der Waals surface area (Å²) in [5.74, 6) is -4.56. The molecule has 4 unspecified atom stereocenters. The number of hydrogen-bond acceptors (Lipinski definition) is 8. The Morgan fingerprint density at radius 3 is 2.26 bits per heavy atom. The number of methoxy groups -OCH3 is 2. The summed E-state index contributed by atoms with van der Waals surface area (Å²) >= 11 is 0. The molecule has 0 saturated carbocycles. The Bertz CT molecular complexity index is 1240. The number of rotatable bonds is 3. The standard InChI is InChI=1S/C25H23NO8/c1-10-6-16(28)20-15(23(10)29)9-14-12(4-5-13-19(14)25(31)26(32)24(13)30)21(20)22-17(33-2)7-11(27)8-18(22)34-3/h4,6-8,13-14,19,21,27,32H,5,9H2,1-3H3. The third-order valence-electron chi connectivity index (χ3n) is 7.36. The van der Waals surface area contributed by atoms with E-state index < -0.39 is 35.5 Å². The molecule has 1 aliphatic heterocycles. The molecule has 34 heavy (non-hydrogen) atoms. The van der Waals surface area contributed by atoms with Crippen molar-refractivity contribution in [2.45, 2.75) is 25.7 Å². The average molecular weight is 465 g/mol. The second-order valence-electron chi connectivity index (χ2n) is 8.98. The molecule has 1 aromatic rings. The lowest BCUT2D eigenvalue weighted by molar-refractivity contribution is -0.173. The van der Waals surface area contributed by atoms with Crippen LogP contribution in [0.1, 0.15) is 31.2 Å². The second-order valence-corrected chi connectivity index (χ2v) is 8.98. The summed E-state index contributed by atoms with van der Waals surface area (Å²) in [5, 5.41) is 20.4. The van der Waals surface area contributed by atoms with Crippen molar-refractivity contribution in [2.24, 2.45) is 17.8 Å². The Labute approximate surface area is 194 Å². The first-order valence-electron chi connectivity index (χ1n) is 10.9. The van der Waals surface area contributed by atoms with Crippen molar-refractivity contribution in [3.63, 3.8) is 0 Å². The van der Waals surface area contributed by atoms with Crippen LogP contribution in [0.5, 0.6) is 17.2 Å². The number of aromatic hydroxyl groups is 1. The number of phenolic OH excluding ortho intramolecular Hbond substituents is 1. The van der Waals surface area contributed by atoms with Gasteiger partial charge in [0.1, 0.15) is 17.2 Å². The molecular formula is C25H23NO8. The van der Waals surface area contributed by atoms with E-state index >= 15 is 0 Å². The van der Waals surface area contributed by atoms with E-state index in [1.54, 1.807) is 6.92 Å². The van der Waals surface area contributed by atoms with Gasteiger partial charge >= 0.3 is 0 Å². The molecule has 176 valence electrons. The van der Waals surface area contributed by atoms with E-state index in [1.807, 2.05) is 6.08 Å². The molecule has 5 rings (SSSR count). The number of phenols is 1. The predicted octanol–water partition coefficient (Wildman–Crippen LogP) is 2.23. The van der Waals surface area contributed by atoms with E-state index in [2.05, 4.69) is 0 Å². The molecule has 9 nitrogen and oxygen atoms in total. The Morgan fingerprint density at radius 1 is 1.00 bits per heavy atom. The molecule has 1 heterocycles. The highest BCUT2D eigenvalue weighted by atomic mass is 16.5. The van der Waals surface area contributed by atoms with Crippen molar-refractivity contribution in [1.29, 1.82) is 0 Å². The smallest absolute Gasteiger partial charge is 0.257 e. The molecule has 0 bridgehead atoms. The quantitative estimate of drug-likeness (QED) is 0.301. The Morgan fingerprint density at radius 2 is 1.65 bits per heavy atom. The minimum absolute atomic E-state index is 0.101. The summed E-state index contributed by atoms with van der Waals surface area (Å²) in [5.41, 5.74) is 1.98. The van der Waals surface area contributed by atoms with Crippen LogP contribution in [0, 0.1) is 17.8 Å². The number of benzene rings is 1. The normalized spacial score (nSPS) is 28.3. The molecule has 1 aromatic carbocycles. The number of ketones is 2. The van der Waals surface area contributed by atoms with Gasteiger partial charge in [0.2, 0.25) is 0 Å². The zero-order valence-corrected chi connectivity index (χ0v) is 18.8. The summed E-state index contributed by atoms with van der Waals surface area (Å²) < 4.78 is 11.1. The molecule has 4 atom stereocenters. The summed E-state index contributed by atoms with van der Waals surface area (Å²) in [6.07, 6.45) is 3.43. The molecule has 2 amide bonds. The molecule has 9 heteroatoms. The molecule has 0 spiro atoms. The summed E-state index contributed by atoms with van der Waals surface area (Å²) in [4.78, 5) is 51.9. The fraction of sp³-hybridized carbons (Fsp3) is 0.360. The summed E-state index contributed by atoms with van der Waals surface area (Å²) in [6.45, 7) is 1.56. The second kappa shape index (κ2) is 7.66. The highest BCUT2D eigenvalue weighted by Crippen LogP contribution is 2.57. The van der Waals surface area contributed by atoms with Crippen molar-refractivity contribution in [1.82, 2.24) is 5.06 Å². The first kappa shape index (κ1) is 22.1. The van der Waals surface area contributed by atoms with Crippen molar-refractivity contribution < 1.29 is 39.0 Å². The first-order valence-corrected chi connectivity index (χ1v) is 10.9. The van der Waals surface area contributed by atoms with Crippen LogP contribution in [0.15, 0.2) is 46.6 Å². The van der Waals surface area contributed by atoms with Gasteiger partial charge < -0.3 is 14.6 Å². The van der Waals surface area contributed by atoms with Crippen LogP contribution in [0.25, 0.3) is 0 Å². The SMILES string of the molecule is COc1cc(O)cc(OC)c1C1C2=CCC3C(=O)N(O)C(=O)C3C2CC2=C1C(=O)C=C(C)C2=O. The van der Waals surface area contributed by atoms with Crippen molar-refractivity contribution in [2.75, 3.05) is 14.2 Å². The van der Waals surface area contributed by atoms with Crippen molar-refractivity contribution >= 4 is 23.4 Å². The van der Waals surface area contributed by atoms with E-state index in [1.165, 1.54) is 32.4 Å². The Kier molecular flexibility index (Phi) is 4.98. The van der Waals surface area contributed by atoms with E-state index in [0.717, 1.165) is 0 Å². The largest absolute Gasteiger partial charge is 0.508 e. The minimum atomic E-state index is -0.850. The van der Waals surface area contributed by atoms with E-state index in [-0.39, 0.29) is 57.9 Å². The van der Waals surface area contributed by atoms with Gasteiger partial charge in [0.05, 0.1) is 26.1 Å². The fourth-order valence-electron chi connectivity index (χ4n) is 5.91. The maximum Gasteiger partial charge on any atom is 0.257 e. The highest BCUT2D eigenvalue weighted by molar-refractivity contribution is 6.23. The zero-order chi connectivity index (χ0) is 24.5. The van der Waals surface area contributed by atoms with E-state index in [9.17, 15) is 29.5 Å². The number of hydroxylamine groups is 2. The number of hydrogen-bond donors (Lipinski definition) is 2. The monoisotopic (exact) mass is 465 g/mol. The van der Waals surface area contributed by atoms with E-state index in [4.69, 9.17) is 9.47 Å². The lowest BCUT2D eigenvalue weighted by Gasteiger charge is -2.42. The van der Waals surface area contributed by atoms with Gasteiger partial charge in [-0.3, -0.25) is 24.4 Å². The van der Waals surface area contributed by atoms with Crippen LogP contribution < -0.4 is 9.47 Å². The van der Waals surface area contributed by atoms with Crippen molar-refractivity contribution in [3.8, 4) is 17.2 Å². The van der Waals surface area contributed by atoms with Crippen molar-refractivity contribution in [3.05, 3.63) is 52.1 Å². The molecule has 1 fully saturated rings. The molecule has 0 aromatic heterocycles. The Balaban J connectivity index is 1.79. The van der Waals surface area contributed by atoms with Gasteiger partial charge in [0, 0.05) is 40.3 Å². The number of allylic oxidation sites excluding steroid dienone is 6. The van der Waals surface area contributed by atoms with Gasteiger partial charge in [-0.2, -0.15) is 5.06 Å². The van der Waals surface area contributed by atoms with Gasteiger partial charge in [-0.15, -0.1) is 0 Å². The molecule has 4 aliphatic rings. The van der Waals surface area contributed by atoms with Gasteiger partial charge in [0.15, 0.2) is 11.6 Å². The number of fused-ring (bicyclic) bond motifs is 3. The topological polar surface area (TPSA) is 130 Å². The van der Waals surface area contributed by atoms with Gasteiger partial charge in [-0.25, -0.2) is 0 Å². The molecule has 3 aliphatic carbocycles.